The Hall–Kier alpha value is -2.12. The molecule has 0 fully saturated rings. The van der Waals surface area contributed by atoms with Crippen molar-refractivity contribution >= 4 is 10.0 Å². The third-order valence-corrected chi connectivity index (χ3v) is 5.46. The van der Waals surface area contributed by atoms with Crippen LogP contribution in [0.5, 0.6) is 11.5 Å². The van der Waals surface area contributed by atoms with E-state index in [0.717, 1.165) is 17.7 Å². The zero-order valence-electron chi connectivity index (χ0n) is 16.0. The first kappa shape index (κ1) is 21.2. The van der Waals surface area contributed by atoms with E-state index in [9.17, 15) is 12.8 Å². The molecule has 1 atom stereocenters. The van der Waals surface area contributed by atoms with Crippen LogP contribution in [0.4, 0.5) is 4.39 Å². The maximum absolute atomic E-state index is 13.1. The summed E-state index contributed by atoms with van der Waals surface area (Å²) in [7, 11) is -3.80. The lowest BCUT2D eigenvalue weighted by molar-refractivity contribution is 0.287. The lowest BCUT2D eigenvalue weighted by Crippen LogP contribution is -2.31. The summed E-state index contributed by atoms with van der Waals surface area (Å²) >= 11 is 0. The Balaban J connectivity index is 2.37. The van der Waals surface area contributed by atoms with E-state index in [-0.39, 0.29) is 10.8 Å². The van der Waals surface area contributed by atoms with Gasteiger partial charge in [0.1, 0.15) is 5.82 Å². The molecule has 2 aromatic rings. The fourth-order valence-electron chi connectivity index (χ4n) is 2.70. The van der Waals surface area contributed by atoms with Crippen LogP contribution in [0.15, 0.2) is 47.4 Å². The molecule has 0 bridgehead atoms. The van der Waals surface area contributed by atoms with Crippen LogP contribution in [0.3, 0.4) is 0 Å². The smallest absolute Gasteiger partial charge is 0.241 e. The molecule has 0 amide bonds. The van der Waals surface area contributed by atoms with Gasteiger partial charge >= 0.3 is 0 Å². The number of halogens is 1. The molecule has 0 spiro atoms. The van der Waals surface area contributed by atoms with E-state index < -0.39 is 21.9 Å². The molecule has 0 aliphatic heterocycles. The molecule has 148 valence electrons. The van der Waals surface area contributed by atoms with E-state index in [1.807, 2.05) is 33.8 Å². The van der Waals surface area contributed by atoms with E-state index >= 15 is 0 Å². The van der Waals surface area contributed by atoms with Gasteiger partial charge in [-0.2, -0.15) is 0 Å². The lowest BCUT2D eigenvalue weighted by Gasteiger charge is -2.24. The van der Waals surface area contributed by atoms with Crippen molar-refractivity contribution in [1.82, 2.24) is 4.72 Å². The molecule has 0 aromatic heterocycles. The summed E-state index contributed by atoms with van der Waals surface area (Å²) in [5.74, 6) is 0.686. The van der Waals surface area contributed by atoms with Gasteiger partial charge in [-0.3, -0.25) is 0 Å². The number of benzene rings is 2. The Morgan fingerprint density at radius 3 is 2.11 bits per heavy atom. The van der Waals surface area contributed by atoms with Gasteiger partial charge in [-0.15, -0.1) is 0 Å². The van der Waals surface area contributed by atoms with Gasteiger partial charge in [0.05, 0.1) is 18.1 Å². The average molecular weight is 395 g/mol. The first-order valence-electron chi connectivity index (χ1n) is 8.96. The molecule has 0 unspecified atom stereocenters. The van der Waals surface area contributed by atoms with Gasteiger partial charge in [0.25, 0.3) is 0 Å². The summed E-state index contributed by atoms with van der Waals surface area (Å²) in [4.78, 5) is 0.0190. The summed E-state index contributed by atoms with van der Waals surface area (Å²) in [6.07, 6.45) is 0. The van der Waals surface area contributed by atoms with Crippen LogP contribution in [-0.4, -0.2) is 21.6 Å². The number of nitrogens with one attached hydrogen (secondary N) is 1. The Bertz CT molecular complexity index is 851. The van der Waals surface area contributed by atoms with Crippen molar-refractivity contribution in [2.45, 2.75) is 38.6 Å². The van der Waals surface area contributed by atoms with Gasteiger partial charge in [0, 0.05) is 6.04 Å². The molecule has 0 saturated heterocycles. The minimum atomic E-state index is -3.80. The standard InChI is InChI=1S/C20H26FNO4S/c1-5-25-18-12-7-15(13-19(18)26-6-2)20(14(3)4)22-27(23,24)17-10-8-16(21)9-11-17/h7-14,20,22H,5-6H2,1-4H3/t20-/m1/s1. The molecule has 0 radical (unpaired) electrons. The van der Waals surface area contributed by atoms with Crippen molar-refractivity contribution in [2.75, 3.05) is 13.2 Å². The van der Waals surface area contributed by atoms with Gasteiger partial charge in [-0.05, 0) is 61.7 Å². The number of hydrogen-bond donors (Lipinski definition) is 1. The summed E-state index contributed by atoms with van der Waals surface area (Å²) in [5.41, 5.74) is 0.766. The van der Waals surface area contributed by atoms with E-state index in [1.165, 1.54) is 12.1 Å². The molecule has 2 rings (SSSR count). The zero-order valence-corrected chi connectivity index (χ0v) is 16.8. The summed E-state index contributed by atoms with van der Waals surface area (Å²) in [6.45, 7) is 8.58. The van der Waals surface area contributed by atoms with Crippen LogP contribution in [-0.2, 0) is 10.0 Å². The maximum atomic E-state index is 13.1. The summed E-state index contributed by atoms with van der Waals surface area (Å²) in [5, 5.41) is 0. The summed E-state index contributed by atoms with van der Waals surface area (Å²) in [6, 6.07) is 9.68. The molecule has 27 heavy (non-hydrogen) atoms. The largest absolute Gasteiger partial charge is 0.490 e. The second kappa shape index (κ2) is 9.19. The van der Waals surface area contributed by atoms with Crippen molar-refractivity contribution in [1.29, 1.82) is 0 Å². The van der Waals surface area contributed by atoms with Gasteiger partial charge < -0.3 is 9.47 Å². The van der Waals surface area contributed by atoms with Crippen molar-refractivity contribution in [3.63, 3.8) is 0 Å². The van der Waals surface area contributed by atoms with Gasteiger partial charge in [0.15, 0.2) is 11.5 Å². The molecule has 7 heteroatoms. The van der Waals surface area contributed by atoms with Crippen LogP contribution in [0, 0.1) is 11.7 Å². The number of rotatable bonds is 9. The molecule has 0 aliphatic carbocycles. The quantitative estimate of drug-likeness (QED) is 0.688. The third kappa shape index (κ3) is 5.43. The Kier molecular flexibility index (Phi) is 7.21. The second-order valence-electron chi connectivity index (χ2n) is 6.37. The highest BCUT2D eigenvalue weighted by Gasteiger charge is 2.25. The van der Waals surface area contributed by atoms with Crippen molar-refractivity contribution in [3.8, 4) is 11.5 Å². The SMILES string of the molecule is CCOc1ccc([C@H](NS(=O)(=O)c2ccc(F)cc2)C(C)C)cc1OCC. The van der Waals surface area contributed by atoms with Gasteiger partial charge in [-0.1, -0.05) is 19.9 Å². The minimum absolute atomic E-state index is 0.0190. The topological polar surface area (TPSA) is 64.6 Å². The molecule has 2 aromatic carbocycles. The molecular weight excluding hydrogens is 369 g/mol. The second-order valence-corrected chi connectivity index (χ2v) is 8.08. The highest BCUT2D eigenvalue weighted by molar-refractivity contribution is 7.89. The predicted molar refractivity (Wildman–Crippen MR) is 103 cm³/mol. The van der Waals surface area contributed by atoms with E-state index in [2.05, 4.69) is 4.72 Å². The Labute approximate surface area is 160 Å². The predicted octanol–water partition coefficient (Wildman–Crippen LogP) is 4.30. The molecule has 1 N–H and O–H groups in total. The molecule has 0 heterocycles. The number of hydrogen-bond acceptors (Lipinski definition) is 4. The average Bonchev–Trinajstić information content (AvgIpc) is 2.62. The fourth-order valence-corrected chi connectivity index (χ4v) is 4.07. The minimum Gasteiger partial charge on any atom is -0.490 e. The van der Waals surface area contributed by atoms with Crippen LogP contribution in [0.1, 0.15) is 39.3 Å². The zero-order chi connectivity index (χ0) is 20.0. The van der Waals surface area contributed by atoms with Gasteiger partial charge in [-0.25, -0.2) is 17.5 Å². The van der Waals surface area contributed by atoms with Gasteiger partial charge in [0.2, 0.25) is 10.0 Å². The van der Waals surface area contributed by atoms with Crippen LogP contribution >= 0.6 is 0 Å². The van der Waals surface area contributed by atoms with Crippen LogP contribution in [0.2, 0.25) is 0 Å². The molecule has 5 nitrogen and oxygen atoms in total. The monoisotopic (exact) mass is 395 g/mol. The maximum Gasteiger partial charge on any atom is 0.241 e. The highest BCUT2D eigenvalue weighted by Crippen LogP contribution is 2.33. The Morgan fingerprint density at radius 2 is 1.56 bits per heavy atom. The number of sulfonamides is 1. The van der Waals surface area contributed by atoms with E-state index in [0.29, 0.717) is 24.7 Å². The van der Waals surface area contributed by atoms with Crippen molar-refractivity contribution in [2.24, 2.45) is 5.92 Å². The fraction of sp³-hybridized carbons (Fsp3) is 0.400. The van der Waals surface area contributed by atoms with E-state index in [1.54, 1.807) is 12.1 Å². The van der Waals surface area contributed by atoms with Crippen molar-refractivity contribution in [3.05, 3.63) is 53.8 Å². The van der Waals surface area contributed by atoms with Crippen molar-refractivity contribution < 1.29 is 22.3 Å². The highest BCUT2D eigenvalue weighted by atomic mass is 32.2. The molecule has 0 aliphatic rings. The third-order valence-electron chi connectivity index (χ3n) is 4.00. The summed E-state index contributed by atoms with van der Waals surface area (Å²) < 4.78 is 52.5. The van der Waals surface area contributed by atoms with E-state index in [4.69, 9.17) is 9.47 Å². The molecule has 0 saturated carbocycles. The lowest BCUT2D eigenvalue weighted by atomic mass is 9.97. The first-order valence-corrected chi connectivity index (χ1v) is 10.4. The normalized spacial score (nSPS) is 12.8. The molecular formula is C20H26FNO4S. The van der Waals surface area contributed by atoms with Crippen LogP contribution < -0.4 is 14.2 Å². The Morgan fingerprint density at radius 1 is 0.963 bits per heavy atom. The number of ether oxygens (including phenoxy) is 2. The van der Waals surface area contributed by atoms with Crippen LogP contribution in [0.25, 0.3) is 0 Å². The first-order chi connectivity index (χ1) is 12.8.